The van der Waals surface area contributed by atoms with Gasteiger partial charge >= 0.3 is 6.09 Å². The number of hydrogen-bond donors (Lipinski definition) is 0. The van der Waals surface area contributed by atoms with E-state index in [1.165, 1.54) is 11.1 Å². The number of hydrogen-bond acceptors (Lipinski definition) is 4. The summed E-state index contributed by atoms with van der Waals surface area (Å²) in [5.41, 5.74) is 3.63. The van der Waals surface area contributed by atoms with Crippen molar-refractivity contribution in [2.45, 2.75) is 64.5 Å². The Kier molecular flexibility index (Phi) is 5.56. The summed E-state index contributed by atoms with van der Waals surface area (Å²) in [5, 5.41) is 0. The van der Waals surface area contributed by atoms with E-state index in [9.17, 15) is 9.59 Å². The number of fused-ring (bicyclic) bond motifs is 1. The summed E-state index contributed by atoms with van der Waals surface area (Å²) >= 11 is 0. The van der Waals surface area contributed by atoms with E-state index < -0.39 is 0 Å². The molecule has 29 heavy (non-hydrogen) atoms. The van der Waals surface area contributed by atoms with Gasteiger partial charge in [-0.1, -0.05) is 12.1 Å². The standard InChI is InChI=1S/C23H33N3O3/c1-4-29-22(28)24-13-9-23(3,10-14-24)25-11-7-19(8-12-25)26-20-15-17(2)5-6-18(20)16-21(26)27/h5-6,15,19H,4,7-14,16H2,1-3H3. The molecule has 2 saturated heterocycles. The minimum Gasteiger partial charge on any atom is -0.450 e. The molecule has 0 bridgehead atoms. The number of likely N-dealkylation sites (tertiary alicyclic amines) is 2. The van der Waals surface area contributed by atoms with Crippen LogP contribution in [0.15, 0.2) is 18.2 Å². The van der Waals surface area contributed by atoms with Crippen LogP contribution in [-0.4, -0.2) is 66.2 Å². The lowest BCUT2D eigenvalue weighted by atomic mass is 9.85. The van der Waals surface area contributed by atoms with Crippen LogP contribution in [0.3, 0.4) is 0 Å². The fourth-order valence-electron chi connectivity index (χ4n) is 5.20. The second-order valence-corrected chi connectivity index (χ2v) is 8.97. The van der Waals surface area contributed by atoms with Gasteiger partial charge in [0.1, 0.15) is 0 Å². The van der Waals surface area contributed by atoms with Crippen LogP contribution in [0.2, 0.25) is 0 Å². The molecule has 0 aromatic heterocycles. The molecule has 4 rings (SSSR count). The van der Waals surface area contributed by atoms with Crippen molar-refractivity contribution in [2.24, 2.45) is 0 Å². The highest BCUT2D eigenvalue weighted by Crippen LogP contribution is 2.37. The average molecular weight is 400 g/mol. The average Bonchev–Trinajstić information content (AvgIpc) is 3.03. The number of rotatable bonds is 3. The minimum absolute atomic E-state index is 0.122. The second-order valence-electron chi connectivity index (χ2n) is 8.97. The Morgan fingerprint density at radius 2 is 1.86 bits per heavy atom. The number of carbonyl (C=O) groups is 2. The van der Waals surface area contributed by atoms with Crippen molar-refractivity contribution in [1.82, 2.24) is 9.80 Å². The zero-order chi connectivity index (χ0) is 20.6. The van der Waals surface area contributed by atoms with Crippen LogP contribution in [0.5, 0.6) is 0 Å². The molecular formula is C23H33N3O3. The fraction of sp³-hybridized carbons (Fsp3) is 0.652. The maximum Gasteiger partial charge on any atom is 0.409 e. The van der Waals surface area contributed by atoms with Crippen LogP contribution in [0, 0.1) is 6.92 Å². The zero-order valence-electron chi connectivity index (χ0n) is 17.9. The van der Waals surface area contributed by atoms with E-state index in [-0.39, 0.29) is 17.5 Å². The van der Waals surface area contributed by atoms with Crippen LogP contribution in [0.4, 0.5) is 10.5 Å². The molecule has 3 heterocycles. The topological polar surface area (TPSA) is 53.1 Å². The molecule has 0 spiro atoms. The van der Waals surface area contributed by atoms with Gasteiger partial charge in [-0.25, -0.2) is 4.79 Å². The van der Waals surface area contributed by atoms with Crippen molar-refractivity contribution >= 4 is 17.7 Å². The highest BCUT2D eigenvalue weighted by atomic mass is 16.6. The molecule has 0 saturated carbocycles. The Hall–Kier alpha value is -2.08. The Bertz CT molecular complexity index is 778. The monoisotopic (exact) mass is 399 g/mol. The van der Waals surface area contributed by atoms with Gasteiger partial charge in [0.25, 0.3) is 0 Å². The van der Waals surface area contributed by atoms with E-state index in [1.54, 1.807) is 0 Å². The Morgan fingerprint density at radius 1 is 1.17 bits per heavy atom. The van der Waals surface area contributed by atoms with Gasteiger partial charge in [-0.2, -0.15) is 0 Å². The SMILES string of the molecule is CCOC(=O)N1CCC(C)(N2CCC(N3C(=O)Cc4ccc(C)cc43)CC2)CC1. The number of piperidine rings is 2. The largest absolute Gasteiger partial charge is 0.450 e. The van der Waals surface area contributed by atoms with Gasteiger partial charge in [0, 0.05) is 43.4 Å². The van der Waals surface area contributed by atoms with Gasteiger partial charge in [-0.15, -0.1) is 0 Å². The first-order chi connectivity index (χ1) is 13.9. The van der Waals surface area contributed by atoms with Crippen molar-refractivity contribution in [3.63, 3.8) is 0 Å². The van der Waals surface area contributed by atoms with Crippen LogP contribution in [0.25, 0.3) is 0 Å². The smallest absolute Gasteiger partial charge is 0.409 e. The molecule has 6 heteroatoms. The zero-order valence-corrected chi connectivity index (χ0v) is 17.9. The molecule has 158 valence electrons. The number of aryl methyl sites for hydroxylation is 1. The van der Waals surface area contributed by atoms with Crippen LogP contribution in [0.1, 0.15) is 50.7 Å². The molecule has 1 aromatic carbocycles. The van der Waals surface area contributed by atoms with Gasteiger partial charge in [0.15, 0.2) is 0 Å². The van der Waals surface area contributed by atoms with Gasteiger partial charge in [-0.3, -0.25) is 9.69 Å². The Morgan fingerprint density at radius 3 is 2.52 bits per heavy atom. The lowest BCUT2D eigenvalue weighted by Gasteiger charge is -2.49. The molecule has 0 unspecified atom stereocenters. The molecule has 0 N–H and O–H groups in total. The number of carbonyl (C=O) groups excluding carboxylic acids is 2. The quantitative estimate of drug-likeness (QED) is 0.782. The van der Waals surface area contributed by atoms with E-state index in [0.29, 0.717) is 19.1 Å². The number of benzene rings is 1. The third-order valence-corrected chi connectivity index (χ3v) is 7.07. The number of nitrogens with zero attached hydrogens (tertiary/aromatic N) is 3. The molecule has 2 fully saturated rings. The molecule has 3 aliphatic rings. The minimum atomic E-state index is -0.185. The number of ether oxygens (including phenoxy) is 1. The van der Waals surface area contributed by atoms with Crippen molar-refractivity contribution in [2.75, 3.05) is 37.7 Å². The predicted octanol–water partition coefficient (Wildman–Crippen LogP) is 3.36. The highest BCUT2D eigenvalue weighted by Gasteiger charge is 2.41. The summed E-state index contributed by atoms with van der Waals surface area (Å²) in [5.74, 6) is 0.248. The van der Waals surface area contributed by atoms with E-state index in [0.717, 1.165) is 57.5 Å². The molecule has 0 radical (unpaired) electrons. The molecule has 3 aliphatic heterocycles. The normalized spacial score (nSPS) is 22.7. The van der Waals surface area contributed by atoms with Crippen molar-refractivity contribution < 1.29 is 14.3 Å². The third kappa shape index (κ3) is 3.87. The highest BCUT2D eigenvalue weighted by molar-refractivity contribution is 6.02. The Balaban J connectivity index is 1.36. The number of anilines is 1. The maximum absolute atomic E-state index is 12.7. The molecular weight excluding hydrogens is 366 g/mol. The fourth-order valence-corrected chi connectivity index (χ4v) is 5.20. The summed E-state index contributed by atoms with van der Waals surface area (Å²) in [4.78, 5) is 31.2. The molecule has 0 aliphatic carbocycles. The first-order valence-electron chi connectivity index (χ1n) is 11.0. The van der Waals surface area contributed by atoms with E-state index in [4.69, 9.17) is 4.74 Å². The maximum atomic E-state index is 12.7. The molecule has 1 aromatic rings. The van der Waals surface area contributed by atoms with Crippen molar-refractivity contribution in [3.8, 4) is 0 Å². The Labute approximate surface area is 173 Å². The second kappa shape index (κ2) is 7.98. The van der Waals surface area contributed by atoms with Crippen LogP contribution < -0.4 is 4.90 Å². The van der Waals surface area contributed by atoms with Crippen molar-refractivity contribution in [1.29, 1.82) is 0 Å². The van der Waals surface area contributed by atoms with Gasteiger partial charge in [0.2, 0.25) is 5.91 Å². The lowest BCUT2D eigenvalue weighted by Crippen LogP contribution is -2.58. The van der Waals surface area contributed by atoms with E-state index in [1.807, 2.05) is 11.8 Å². The van der Waals surface area contributed by atoms with Gasteiger partial charge in [-0.05, 0) is 63.6 Å². The molecule has 6 nitrogen and oxygen atoms in total. The summed E-state index contributed by atoms with van der Waals surface area (Å²) in [6.45, 7) is 10.2. The molecule has 2 amide bonds. The predicted molar refractivity (Wildman–Crippen MR) is 113 cm³/mol. The van der Waals surface area contributed by atoms with Gasteiger partial charge < -0.3 is 14.5 Å². The molecule has 0 atom stereocenters. The van der Waals surface area contributed by atoms with E-state index in [2.05, 4.69) is 41.8 Å². The van der Waals surface area contributed by atoms with Crippen molar-refractivity contribution in [3.05, 3.63) is 29.3 Å². The summed E-state index contributed by atoms with van der Waals surface area (Å²) in [6, 6.07) is 6.67. The van der Waals surface area contributed by atoms with Gasteiger partial charge in [0.05, 0.1) is 13.0 Å². The number of amides is 2. The summed E-state index contributed by atoms with van der Waals surface area (Å²) in [7, 11) is 0. The third-order valence-electron chi connectivity index (χ3n) is 7.07. The summed E-state index contributed by atoms with van der Waals surface area (Å²) < 4.78 is 5.15. The first kappa shape index (κ1) is 20.2. The van der Waals surface area contributed by atoms with E-state index >= 15 is 0 Å². The van der Waals surface area contributed by atoms with Crippen LogP contribution in [-0.2, 0) is 16.0 Å². The summed E-state index contributed by atoms with van der Waals surface area (Å²) in [6.07, 6.45) is 4.32. The first-order valence-corrected chi connectivity index (χ1v) is 11.0. The van der Waals surface area contributed by atoms with Crippen LogP contribution >= 0.6 is 0 Å². The lowest BCUT2D eigenvalue weighted by molar-refractivity contribution is -0.118.